The molecular weight excluding hydrogens is 120 g/mol. The number of epoxide rings is 1. The van der Waals surface area contributed by atoms with Gasteiger partial charge in [0, 0.05) is 0 Å². The second kappa shape index (κ2) is 1.68. The first-order chi connectivity index (χ1) is 4.29. The van der Waals surface area contributed by atoms with Gasteiger partial charge in [0.05, 0.1) is 12.2 Å². The van der Waals surface area contributed by atoms with Crippen LogP contribution in [0.25, 0.3) is 0 Å². The quantitative estimate of drug-likeness (QED) is 0.425. The molecule has 2 N–H and O–H groups in total. The third-order valence-electron chi connectivity index (χ3n) is 2.08. The van der Waals surface area contributed by atoms with Crippen molar-refractivity contribution in [2.45, 2.75) is 37.3 Å². The van der Waals surface area contributed by atoms with E-state index in [4.69, 9.17) is 14.9 Å². The highest BCUT2D eigenvalue weighted by Crippen LogP contribution is 2.36. The Bertz CT molecular complexity index is 111. The number of aliphatic hydroxyl groups excluding tert-OH is 2. The summed E-state index contributed by atoms with van der Waals surface area (Å²) in [6.45, 7) is 0. The average molecular weight is 130 g/mol. The number of hydrogen-bond acceptors (Lipinski definition) is 3. The molecule has 0 bridgehead atoms. The molecule has 52 valence electrons. The fourth-order valence-corrected chi connectivity index (χ4v) is 1.43. The number of ether oxygens (including phenoxy) is 1. The summed E-state index contributed by atoms with van der Waals surface area (Å²) in [4.78, 5) is 0. The number of aliphatic hydroxyl groups is 2. The molecule has 0 amide bonds. The second-order valence-electron chi connectivity index (χ2n) is 2.78. The van der Waals surface area contributed by atoms with Crippen molar-refractivity contribution in [1.82, 2.24) is 0 Å². The molecule has 1 saturated carbocycles. The smallest absolute Gasteiger partial charge is 0.113 e. The molecule has 3 heteroatoms. The summed E-state index contributed by atoms with van der Waals surface area (Å²) in [5.41, 5.74) is 0. The Kier molecular flexibility index (Phi) is 1.06. The number of fused-ring (bicyclic) bond motifs is 1. The van der Waals surface area contributed by atoms with Crippen LogP contribution in [0.1, 0.15) is 12.8 Å². The molecule has 9 heavy (non-hydrogen) atoms. The molecule has 2 aliphatic rings. The zero-order valence-electron chi connectivity index (χ0n) is 5.03. The molecule has 0 aromatic heterocycles. The van der Waals surface area contributed by atoms with E-state index >= 15 is 0 Å². The van der Waals surface area contributed by atoms with E-state index in [0.717, 1.165) is 0 Å². The first-order valence-electron chi connectivity index (χ1n) is 3.30. The monoisotopic (exact) mass is 130 g/mol. The van der Waals surface area contributed by atoms with Crippen LogP contribution in [-0.4, -0.2) is 34.6 Å². The lowest BCUT2D eigenvalue weighted by atomic mass is 9.95. The first kappa shape index (κ1) is 5.65. The normalized spacial score (nSPS) is 56.7. The molecule has 1 aliphatic heterocycles. The molecule has 2 fully saturated rings. The van der Waals surface area contributed by atoms with Crippen molar-refractivity contribution in [2.24, 2.45) is 0 Å². The number of rotatable bonds is 0. The minimum atomic E-state index is -0.321. The van der Waals surface area contributed by atoms with Crippen molar-refractivity contribution in [3.63, 3.8) is 0 Å². The van der Waals surface area contributed by atoms with Crippen LogP contribution in [0, 0.1) is 0 Å². The van der Waals surface area contributed by atoms with Gasteiger partial charge >= 0.3 is 0 Å². The van der Waals surface area contributed by atoms with Gasteiger partial charge in [0.1, 0.15) is 12.2 Å². The average Bonchev–Trinajstić information content (AvgIpc) is 2.57. The zero-order chi connectivity index (χ0) is 6.43. The van der Waals surface area contributed by atoms with E-state index in [-0.39, 0.29) is 24.4 Å². The van der Waals surface area contributed by atoms with Gasteiger partial charge in [-0.25, -0.2) is 0 Å². The van der Waals surface area contributed by atoms with Crippen LogP contribution >= 0.6 is 0 Å². The van der Waals surface area contributed by atoms with Crippen LogP contribution < -0.4 is 0 Å². The Labute approximate surface area is 53.3 Å². The Morgan fingerprint density at radius 3 is 1.89 bits per heavy atom. The zero-order valence-corrected chi connectivity index (χ0v) is 5.03. The molecule has 0 aromatic carbocycles. The fraction of sp³-hybridized carbons (Fsp3) is 1.00. The lowest BCUT2D eigenvalue weighted by Crippen LogP contribution is -2.30. The minimum absolute atomic E-state index is 0.0475. The van der Waals surface area contributed by atoms with Gasteiger partial charge in [-0.3, -0.25) is 0 Å². The minimum Gasteiger partial charge on any atom is -0.390 e. The van der Waals surface area contributed by atoms with Gasteiger partial charge in [-0.2, -0.15) is 0 Å². The summed E-state index contributed by atoms with van der Waals surface area (Å²) < 4.78 is 5.00. The van der Waals surface area contributed by atoms with Gasteiger partial charge < -0.3 is 14.9 Å². The SMILES string of the molecule is O[C@@H]1CC[C@@H](O)[C@H]2O[C@H]21. The molecule has 1 heterocycles. The van der Waals surface area contributed by atoms with Crippen LogP contribution in [0.4, 0.5) is 0 Å². The third kappa shape index (κ3) is 0.764. The Morgan fingerprint density at radius 2 is 1.44 bits per heavy atom. The highest BCUT2D eigenvalue weighted by molar-refractivity contribution is 4.99. The van der Waals surface area contributed by atoms with Gasteiger partial charge in [-0.1, -0.05) is 0 Å². The molecular formula is C6H10O3. The van der Waals surface area contributed by atoms with E-state index in [0.29, 0.717) is 12.8 Å². The van der Waals surface area contributed by atoms with Crippen molar-refractivity contribution >= 4 is 0 Å². The molecule has 3 nitrogen and oxygen atoms in total. The molecule has 0 unspecified atom stereocenters. The standard InChI is InChI=1S/C6H10O3/c7-3-1-2-4(8)6-5(3)9-6/h3-8H,1-2H2/t3-,4-,5-,6+/m1/s1. The lowest BCUT2D eigenvalue weighted by molar-refractivity contribution is 0.0802. The van der Waals surface area contributed by atoms with E-state index in [9.17, 15) is 0 Å². The van der Waals surface area contributed by atoms with Crippen LogP contribution in [-0.2, 0) is 4.74 Å². The second-order valence-corrected chi connectivity index (χ2v) is 2.78. The van der Waals surface area contributed by atoms with E-state index in [1.54, 1.807) is 0 Å². The van der Waals surface area contributed by atoms with E-state index in [1.807, 2.05) is 0 Å². The van der Waals surface area contributed by atoms with Crippen LogP contribution in [0.2, 0.25) is 0 Å². The van der Waals surface area contributed by atoms with Gasteiger partial charge in [0.25, 0.3) is 0 Å². The van der Waals surface area contributed by atoms with Crippen LogP contribution in [0.5, 0.6) is 0 Å². The summed E-state index contributed by atoms with van der Waals surface area (Å²) in [7, 11) is 0. The maximum Gasteiger partial charge on any atom is 0.113 e. The molecule has 4 atom stereocenters. The molecule has 0 aromatic rings. The van der Waals surface area contributed by atoms with Crippen molar-refractivity contribution in [2.75, 3.05) is 0 Å². The maximum absolute atomic E-state index is 9.10. The first-order valence-corrected chi connectivity index (χ1v) is 3.30. The van der Waals surface area contributed by atoms with Gasteiger partial charge in [-0.15, -0.1) is 0 Å². The summed E-state index contributed by atoms with van der Waals surface area (Å²) in [5, 5.41) is 18.2. The fourth-order valence-electron chi connectivity index (χ4n) is 1.43. The van der Waals surface area contributed by atoms with E-state index in [2.05, 4.69) is 0 Å². The maximum atomic E-state index is 9.10. The largest absolute Gasteiger partial charge is 0.390 e. The summed E-state index contributed by atoms with van der Waals surface area (Å²) in [6, 6.07) is 0. The topological polar surface area (TPSA) is 53.0 Å². The molecule has 0 radical (unpaired) electrons. The summed E-state index contributed by atoms with van der Waals surface area (Å²) in [5.74, 6) is 0. The summed E-state index contributed by atoms with van der Waals surface area (Å²) >= 11 is 0. The van der Waals surface area contributed by atoms with Crippen molar-refractivity contribution in [1.29, 1.82) is 0 Å². The molecule has 0 spiro atoms. The predicted molar refractivity (Wildman–Crippen MR) is 29.9 cm³/mol. The van der Waals surface area contributed by atoms with Gasteiger partial charge in [0.15, 0.2) is 0 Å². The molecule has 1 aliphatic carbocycles. The van der Waals surface area contributed by atoms with Crippen molar-refractivity contribution in [3.05, 3.63) is 0 Å². The van der Waals surface area contributed by atoms with E-state index in [1.165, 1.54) is 0 Å². The predicted octanol–water partition coefficient (Wildman–Crippen LogP) is -0.731. The third-order valence-corrected chi connectivity index (χ3v) is 2.08. The lowest BCUT2D eigenvalue weighted by Gasteiger charge is -2.15. The van der Waals surface area contributed by atoms with Crippen LogP contribution in [0.3, 0.4) is 0 Å². The van der Waals surface area contributed by atoms with Gasteiger partial charge in [-0.05, 0) is 12.8 Å². The van der Waals surface area contributed by atoms with Gasteiger partial charge in [0.2, 0.25) is 0 Å². The Morgan fingerprint density at radius 1 is 1.00 bits per heavy atom. The van der Waals surface area contributed by atoms with Crippen molar-refractivity contribution in [3.8, 4) is 0 Å². The summed E-state index contributed by atoms with van der Waals surface area (Å²) in [6.07, 6.45) is 0.629. The van der Waals surface area contributed by atoms with E-state index < -0.39 is 0 Å². The van der Waals surface area contributed by atoms with Crippen LogP contribution in [0.15, 0.2) is 0 Å². The Balaban J connectivity index is 2.01. The van der Waals surface area contributed by atoms with Crippen molar-refractivity contribution < 1.29 is 14.9 Å². The molecule has 2 rings (SSSR count). The number of hydrogen-bond donors (Lipinski definition) is 2. The molecule has 1 saturated heterocycles. The highest BCUT2D eigenvalue weighted by Gasteiger charge is 2.51. The Hall–Kier alpha value is -0.120. The highest BCUT2D eigenvalue weighted by atomic mass is 16.6.